The third-order valence-corrected chi connectivity index (χ3v) is 7.19. The second kappa shape index (κ2) is 12.0. The van der Waals surface area contributed by atoms with Crippen molar-refractivity contribution in [2.24, 2.45) is 0 Å². The SMILES string of the molecule is O=C(NCC(c1cnc(C(F)(F)F)nc1)N1CCOCC1)c1c(Cl)ccc2nc(NC3CCOCC3)ccc12. The quantitative estimate of drug-likeness (QED) is 0.442. The maximum Gasteiger partial charge on any atom is 0.451 e. The highest BCUT2D eigenvalue weighted by Gasteiger charge is 2.35. The number of alkyl halides is 3. The predicted molar refractivity (Wildman–Crippen MR) is 139 cm³/mol. The van der Waals surface area contributed by atoms with Gasteiger partial charge in [0.1, 0.15) is 5.82 Å². The van der Waals surface area contributed by atoms with Gasteiger partial charge in [-0.1, -0.05) is 11.6 Å². The number of hydrogen-bond donors (Lipinski definition) is 2. The Morgan fingerprint density at radius 2 is 1.74 bits per heavy atom. The third kappa shape index (κ3) is 6.57. The molecule has 13 heteroatoms. The van der Waals surface area contributed by atoms with E-state index in [0.717, 1.165) is 25.2 Å². The Morgan fingerprint density at radius 3 is 2.44 bits per heavy atom. The minimum Gasteiger partial charge on any atom is -0.381 e. The fourth-order valence-electron chi connectivity index (χ4n) is 4.82. The highest BCUT2D eigenvalue weighted by atomic mass is 35.5. The zero-order valence-electron chi connectivity index (χ0n) is 21.0. The predicted octanol–water partition coefficient (Wildman–Crippen LogP) is 4.09. The first kappa shape index (κ1) is 27.5. The number of fused-ring (bicyclic) bond motifs is 1. The molecule has 0 bridgehead atoms. The second-order valence-corrected chi connectivity index (χ2v) is 9.84. The van der Waals surface area contributed by atoms with Gasteiger partial charge in [0.2, 0.25) is 5.82 Å². The van der Waals surface area contributed by atoms with E-state index >= 15 is 0 Å². The molecule has 2 N–H and O–H groups in total. The Morgan fingerprint density at radius 1 is 1.05 bits per heavy atom. The van der Waals surface area contributed by atoms with Crippen molar-refractivity contribution in [3.8, 4) is 0 Å². The highest BCUT2D eigenvalue weighted by molar-refractivity contribution is 6.35. The Hall–Kier alpha value is -3.06. The van der Waals surface area contributed by atoms with Gasteiger partial charge in [-0.25, -0.2) is 15.0 Å². The molecule has 0 spiro atoms. The average molecular weight is 565 g/mol. The van der Waals surface area contributed by atoms with Gasteiger partial charge < -0.3 is 20.1 Å². The van der Waals surface area contributed by atoms with Gasteiger partial charge in [0.05, 0.1) is 35.4 Å². The monoisotopic (exact) mass is 564 g/mol. The Labute approximate surface area is 228 Å². The third-order valence-electron chi connectivity index (χ3n) is 6.87. The number of aromatic nitrogens is 3. The van der Waals surface area contributed by atoms with Crippen molar-refractivity contribution in [2.45, 2.75) is 31.1 Å². The number of amides is 1. The smallest absolute Gasteiger partial charge is 0.381 e. The minimum absolute atomic E-state index is 0.108. The van der Waals surface area contributed by atoms with Gasteiger partial charge >= 0.3 is 6.18 Å². The van der Waals surface area contributed by atoms with Crippen LogP contribution in [0.5, 0.6) is 0 Å². The molecule has 1 aromatic carbocycles. The van der Waals surface area contributed by atoms with Gasteiger partial charge in [-0.05, 0) is 37.1 Å². The van der Waals surface area contributed by atoms with Gasteiger partial charge in [-0.2, -0.15) is 13.2 Å². The summed E-state index contributed by atoms with van der Waals surface area (Å²) >= 11 is 6.46. The topological polar surface area (TPSA) is 102 Å². The second-order valence-electron chi connectivity index (χ2n) is 9.43. The molecule has 39 heavy (non-hydrogen) atoms. The standard InChI is InChI=1S/C26H28ClF3N6O3/c27-19-2-3-20-18(1-4-22(35-20)34-17-5-9-38-10-6-17)23(19)24(37)31-15-21(36-7-11-39-12-8-36)16-13-32-25(33-14-16)26(28,29)30/h1-4,13-14,17,21H,5-12,15H2,(H,31,37)(H,34,35). The molecule has 9 nitrogen and oxygen atoms in total. The lowest BCUT2D eigenvalue weighted by Crippen LogP contribution is -2.44. The molecule has 0 radical (unpaired) electrons. The first-order valence-electron chi connectivity index (χ1n) is 12.7. The lowest BCUT2D eigenvalue weighted by Gasteiger charge is -2.34. The van der Waals surface area contributed by atoms with Crippen LogP contribution < -0.4 is 10.6 Å². The van der Waals surface area contributed by atoms with E-state index in [2.05, 4.69) is 25.6 Å². The number of ether oxygens (including phenoxy) is 2. The number of carbonyl (C=O) groups is 1. The normalized spacial score (nSPS) is 18.2. The van der Waals surface area contributed by atoms with Crippen LogP contribution in [0.1, 0.15) is 40.6 Å². The van der Waals surface area contributed by atoms with E-state index in [1.165, 1.54) is 0 Å². The lowest BCUT2D eigenvalue weighted by atomic mass is 10.1. The van der Waals surface area contributed by atoms with Crippen LogP contribution >= 0.6 is 11.6 Å². The van der Waals surface area contributed by atoms with E-state index in [-0.39, 0.29) is 23.2 Å². The van der Waals surface area contributed by atoms with E-state index in [9.17, 15) is 18.0 Å². The molecule has 2 aliphatic heterocycles. The summed E-state index contributed by atoms with van der Waals surface area (Å²) in [5.74, 6) is -0.918. The van der Waals surface area contributed by atoms with Crippen molar-refractivity contribution in [2.75, 3.05) is 51.4 Å². The number of pyridine rings is 1. The first-order valence-corrected chi connectivity index (χ1v) is 13.1. The molecule has 5 rings (SSSR count). The molecule has 2 fully saturated rings. The van der Waals surface area contributed by atoms with Gasteiger partial charge in [-0.15, -0.1) is 0 Å². The number of nitrogens with one attached hydrogen (secondary N) is 2. The molecule has 1 amide bonds. The summed E-state index contributed by atoms with van der Waals surface area (Å²) < 4.78 is 49.8. The fourth-order valence-corrected chi connectivity index (χ4v) is 5.07. The van der Waals surface area contributed by atoms with E-state index in [1.807, 2.05) is 17.0 Å². The fraction of sp³-hybridized carbons (Fsp3) is 0.462. The largest absolute Gasteiger partial charge is 0.451 e. The van der Waals surface area contributed by atoms with Crippen LogP contribution in [0.15, 0.2) is 36.7 Å². The van der Waals surface area contributed by atoms with Crippen LogP contribution in [0.25, 0.3) is 10.9 Å². The summed E-state index contributed by atoms with van der Waals surface area (Å²) in [5.41, 5.74) is 1.35. The van der Waals surface area contributed by atoms with Gasteiger partial charge in [0.15, 0.2) is 0 Å². The average Bonchev–Trinajstić information content (AvgIpc) is 2.94. The van der Waals surface area contributed by atoms with Gasteiger partial charge in [0.25, 0.3) is 5.91 Å². The number of carbonyl (C=O) groups excluding carboxylic acids is 1. The van der Waals surface area contributed by atoms with Crippen molar-refractivity contribution in [3.05, 3.63) is 58.6 Å². The van der Waals surface area contributed by atoms with E-state index in [0.29, 0.717) is 61.8 Å². The van der Waals surface area contributed by atoms with Gasteiger partial charge in [0, 0.05) is 62.2 Å². The van der Waals surface area contributed by atoms with Crippen molar-refractivity contribution < 1.29 is 27.4 Å². The van der Waals surface area contributed by atoms with E-state index in [4.69, 9.17) is 21.1 Å². The number of benzene rings is 1. The highest BCUT2D eigenvalue weighted by Crippen LogP contribution is 2.29. The molecule has 3 aromatic rings. The summed E-state index contributed by atoms with van der Waals surface area (Å²) in [7, 11) is 0. The van der Waals surface area contributed by atoms with Crippen LogP contribution in [-0.4, -0.2) is 77.9 Å². The summed E-state index contributed by atoms with van der Waals surface area (Å²) in [4.78, 5) is 27.1. The first-order chi connectivity index (χ1) is 18.8. The van der Waals surface area contributed by atoms with Gasteiger partial charge in [-0.3, -0.25) is 9.69 Å². The van der Waals surface area contributed by atoms with E-state index in [1.54, 1.807) is 12.1 Å². The van der Waals surface area contributed by atoms with Crippen molar-refractivity contribution in [3.63, 3.8) is 0 Å². The Balaban J connectivity index is 1.35. The zero-order chi connectivity index (χ0) is 27.4. The summed E-state index contributed by atoms with van der Waals surface area (Å²) in [6.07, 6.45) is -0.543. The number of halogens is 4. The molecular weight excluding hydrogens is 537 g/mol. The van der Waals surface area contributed by atoms with Crippen molar-refractivity contribution in [1.82, 2.24) is 25.2 Å². The number of morpholine rings is 1. The molecule has 0 saturated carbocycles. The molecule has 208 valence electrons. The molecule has 2 aromatic heterocycles. The van der Waals surface area contributed by atoms with Crippen LogP contribution in [0, 0.1) is 0 Å². The van der Waals surface area contributed by atoms with Crippen LogP contribution in [0.4, 0.5) is 19.0 Å². The summed E-state index contributed by atoms with van der Waals surface area (Å²) in [6, 6.07) is 6.84. The number of hydrogen-bond acceptors (Lipinski definition) is 8. The number of anilines is 1. The summed E-state index contributed by atoms with van der Waals surface area (Å²) in [5, 5.41) is 7.20. The lowest BCUT2D eigenvalue weighted by molar-refractivity contribution is -0.145. The number of rotatable bonds is 7. The zero-order valence-corrected chi connectivity index (χ0v) is 21.8. The van der Waals surface area contributed by atoms with Crippen LogP contribution in [0.3, 0.4) is 0 Å². The molecule has 0 aliphatic carbocycles. The molecule has 2 saturated heterocycles. The van der Waals surface area contributed by atoms with Crippen LogP contribution in [-0.2, 0) is 15.7 Å². The molecule has 1 atom stereocenters. The van der Waals surface area contributed by atoms with Crippen molar-refractivity contribution >= 4 is 34.2 Å². The maximum absolute atomic E-state index is 13.4. The Bertz CT molecular complexity index is 1300. The molecule has 1 unspecified atom stereocenters. The Kier molecular flexibility index (Phi) is 8.46. The van der Waals surface area contributed by atoms with Crippen LogP contribution in [0.2, 0.25) is 5.02 Å². The molecular formula is C26H28ClF3N6O3. The number of nitrogens with zero attached hydrogens (tertiary/aromatic N) is 4. The summed E-state index contributed by atoms with van der Waals surface area (Å²) in [6.45, 7) is 3.54. The molecule has 4 heterocycles. The van der Waals surface area contributed by atoms with Crippen molar-refractivity contribution in [1.29, 1.82) is 0 Å². The minimum atomic E-state index is -4.64. The van der Waals surface area contributed by atoms with E-state index < -0.39 is 23.9 Å². The maximum atomic E-state index is 13.4. The molecule has 2 aliphatic rings.